The Morgan fingerprint density at radius 2 is 1.75 bits per heavy atom. The van der Waals surface area contributed by atoms with Gasteiger partial charge in [-0.25, -0.2) is 12.8 Å². The molecule has 0 radical (unpaired) electrons. The fourth-order valence-electron chi connectivity index (χ4n) is 2.94. The molecule has 0 aliphatic heterocycles. The first-order chi connectivity index (χ1) is 11.3. The minimum atomic E-state index is -3.23. The Morgan fingerprint density at radius 3 is 2.33 bits per heavy atom. The molecule has 0 bridgehead atoms. The molecular weight excluding hydrogens is 327 g/mol. The van der Waals surface area contributed by atoms with Crippen LogP contribution in [0.5, 0.6) is 0 Å². The summed E-state index contributed by atoms with van der Waals surface area (Å²) in [6, 6.07) is 11.1. The van der Waals surface area contributed by atoms with Gasteiger partial charge in [0.1, 0.15) is 5.82 Å². The minimum absolute atomic E-state index is 0.160. The number of rotatable bonds is 3. The smallest absolute Gasteiger partial charge is 0.175 e. The summed E-state index contributed by atoms with van der Waals surface area (Å²) in [4.78, 5) is 0.266. The van der Waals surface area contributed by atoms with E-state index in [2.05, 4.69) is 0 Å². The first-order valence-electron chi connectivity index (χ1n) is 7.44. The molecule has 124 valence electrons. The molecule has 2 aromatic rings. The number of allylic oxidation sites excluding steroid dienone is 2. The molecule has 5 heteroatoms. The average molecular weight is 344 g/mol. The second kappa shape index (κ2) is 6.00. The highest BCUT2D eigenvalue weighted by atomic mass is 32.2. The highest BCUT2D eigenvalue weighted by Crippen LogP contribution is 2.42. The summed E-state index contributed by atoms with van der Waals surface area (Å²) in [5.74, 6) is -0.341. The zero-order valence-corrected chi connectivity index (χ0v) is 14.2. The van der Waals surface area contributed by atoms with Crippen LogP contribution in [0.1, 0.15) is 23.6 Å². The molecule has 0 spiro atoms. The van der Waals surface area contributed by atoms with Crippen molar-refractivity contribution in [1.82, 2.24) is 0 Å². The number of halogens is 1. The van der Waals surface area contributed by atoms with Crippen LogP contribution in [-0.2, 0) is 9.84 Å². The molecule has 0 aromatic heterocycles. The Kier molecular flexibility index (Phi) is 4.15. The van der Waals surface area contributed by atoms with Gasteiger partial charge in [0.05, 0.1) is 11.5 Å². The van der Waals surface area contributed by atoms with Crippen LogP contribution in [0, 0.1) is 5.82 Å². The van der Waals surface area contributed by atoms with E-state index in [-0.39, 0.29) is 17.3 Å². The summed E-state index contributed by atoms with van der Waals surface area (Å²) in [6.45, 7) is 1.73. The summed E-state index contributed by atoms with van der Waals surface area (Å²) in [7, 11) is -3.23. The Bertz CT molecular complexity index is 968. The van der Waals surface area contributed by atoms with Gasteiger partial charge in [0, 0.05) is 6.26 Å². The van der Waals surface area contributed by atoms with Crippen LogP contribution < -0.4 is 0 Å². The maximum atomic E-state index is 13.5. The lowest BCUT2D eigenvalue weighted by molar-refractivity contribution is 0.350. The van der Waals surface area contributed by atoms with Crippen LogP contribution in [0.3, 0.4) is 0 Å². The molecule has 2 aromatic carbocycles. The van der Waals surface area contributed by atoms with Gasteiger partial charge in [0.15, 0.2) is 9.84 Å². The number of hydrogen-bond acceptors (Lipinski definition) is 3. The quantitative estimate of drug-likeness (QED) is 0.926. The van der Waals surface area contributed by atoms with Crippen LogP contribution >= 0.6 is 0 Å². The second-order valence-electron chi connectivity index (χ2n) is 5.85. The summed E-state index contributed by atoms with van der Waals surface area (Å²) >= 11 is 0. The van der Waals surface area contributed by atoms with Crippen molar-refractivity contribution in [1.29, 1.82) is 0 Å². The third kappa shape index (κ3) is 2.92. The third-order valence-electron chi connectivity index (χ3n) is 4.23. The van der Waals surface area contributed by atoms with Crippen LogP contribution in [-0.4, -0.2) is 26.4 Å². The van der Waals surface area contributed by atoms with E-state index in [1.807, 2.05) is 13.0 Å². The van der Waals surface area contributed by atoms with Crippen molar-refractivity contribution in [2.24, 2.45) is 0 Å². The number of fused-ring (bicyclic) bond motifs is 1. The standard InChI is InChI=1S/C19H17FO3S/c1-12-17(9-13-3-6-15(7-4-13)24(2,22)23)16-8-5-14(20)10-18(16)19(12)11-21/h3-10,21H,11H2,1-2H3/b17-9+. The van der Waals surface area contributed by atoms with Gasteiger partial charge in [-0.3, -0.25) is 0 Å². The topological polar surface area (TPSA) is 54.4 Å². The number of benzene rings is 2. The van der Waals surface area contributed by atoms with E-state index in [0.29, 0.717) is 11.1 Å². The summed E-state index contributed by atoms with van der Waals surface area (Å²) in [5, 5.41) is 9.61. The lowest BCUT2D eigenvalue weighted by Crippen LogP contribution is -1.96. The number of aliphatic hydroxyl groups excluding tert-OH is 1. The molecule has 0 saturated carbocycles. The van der Waals surface area contributed by atoms with Gasteiger partial charge < -0.3 is 5.11 Å². The fourth-order valence-corrected chi connectivity index (χ4v) is 3.57. The maximum Gasteiger partial charge on any atom is 0.175 e. The molecule has 3 rings (SSSR count). The molecule has 0 fully saturated rings. The molecule has 0 amide bonds. The van der Waals surface area contributed by atoms with Gasteiger partial charge in [-0.1, -0.05) is 18.2 Å². The molecule has 0 atom stereocenters. The molecule has 0 heterocycles. The predicted molar refractivity (Wildman–Crippen MR) is 93.5 cm³/mol. The molecule has 0 unspecified atom stereocenters. The Hall–Kier alpha value is -2.24. The van der Waals surface area contributed by atoms with E-state index in [4.69, 9.17) is 0 Å². The van der Waals surface area contributed by atoms with E-state index in [9.17, 15) is 17.9 Å². The molecule has 1 aliphatic carbocycles. The van der Waals surface area contributed by atoms with Crippen LogP contribution in [0.4, 0.5) is 4.39 Å². The van der Waals surface area contributed by atoms with Crippen molar-refractivity contribution in [3.05, 3.63) is 70.5 Å². The van der Waals surface area contributed by atoms with Gasteiger partial charge in [0.25, 0.3) is 0 Å². The largest absolute Gasteiger partial charge is 0.392 e. The monoisotopic (exact) mass is 344 g/mol. The van der Waals surface area contributed by atoms with Crippen molar-refractivity contribution in [3.63, 3.8) is 0 Å². The van der Waals surface area contributed by atoms with Gasteiger partial charge in [-0.05, 0) is 70.7 Å². The van der Waals surface area contributed by atoms with E-state index in [0.717, 1.165) is 22.3 Å². The molecule has 0 saturated heterocycles. The van der Waals surface area contributed by atoms with Gasteiger partial charge >= 0.3 is 0 Å². The molecular formula is C19H17FO3S. The van der Waals surface area contributed by atoms with Gasteiger partial charge in [0.2, 0.25) is 0 Å². The zero-order chi connectivity index (χ0) is 17.5. The fraction of sp³-hybridized carbons (Fsp3) is 0.158. The van der Waals surface area contributed by atoms with Crippen molar-refractivity contribution in [2.75, 3.05) is 12.9 Å². The second-order valence-corrected chi connectivity index (χ2v) is 7.87. The minimum Gasteiger partial charge on any atom is -0.392 e. The average Bonchev–Trinajstić information content (AvgIpc) is 2.78. The van der Waals surface area contributed by atoms with Crippen LogP contribution in [0.2, 0.25) is 0 Å². The van der Waals surface area contributed by atoms with Crippen molar-refractivity contribution >= 4 is 27.1 Å². The van der Waals surface area contributed by atoms with Gasteiger partial charge in [-0.15, -0.1) is 0 Å². The van der Waals surface area contributed by atoms with E-state index >= 15 is 0 Å². The van der Waals surface area contributed by atoms with E-state index in [1.54, 1.807) is 30.3 Å². The molecule has 24 heavy (non-hydrogen) atoms. The molecule has 1 N–H and O–H groups in total. The number of sulfone groups is 1. The maximum absolute atomic E-state index is 13.5. The predicted octanol–water partition coefficient (Wildman–Crippen LogP) is 3.55. The Balaban J connectivity index is 2.09. The first kappa shape index (κ1) is 16.6. The highest BCUT2D eigenvalue weighted by Gasteiger charge is 2.23. The van der Waals surface area contributed by atoms with Crippen molar-refractivity contribution < 1.29 is 17.9 Å². The third-order valence-corrected chi connectivity index (χ3v) is 5.36. The lowest BCUT2D eigenvalue weighted by atomic mass is 10.0. The zero-order valence-electron chi connectivity index (χ0n) is 13.4. The summed E-state index contributed by atoms with van der Waals surface area (Å²) < 4.78 is 36.6. The number of aliphatic hydroxyl groups is 1. The number of hydrogen-bond donors (Lipinski definition) is 1. The summed E-state index contributed by atoms with van der Waals surface area (Å²) in [5.41, 5.74) is 4.92. The molecule has 3 nitrogen and oxygen atoms in total. The summed E-state index contributed by atoms with van der Waals surface area (Å²) in [6.07, 6.45) is 3.09. The lowest BCUT2D eigenvalue weighted by Gasteiger charge is -2.05. The Morgan fingerprint density at radius 1 is 1.08 bits per heavy atom. The van der Waals surface area contributed by atoms with Crippen LogP contribution in [0.25, 0.3) is 17.2 Å². The first-order valence-corrected chi connectivity index (χ1v) is 9.33. The Labute approximate surface area is 140 Å². The van der Waals surface area contributed by atoms with Crippen molar-refractivity contribution in [2.45, 2.75) is 11.8 Å². The SMILES string of the molecule is CC1=C(CO)c2cc(F)ccc2/C1=C/c1ccc(S(C)(=O)=O)cc1. The van der Waals surface area contributed by atoms with Crippen molar-refractivity contribution in [3.8, 4) is 0 Å². The van der Waals surface area contributed by atoms with Gasteiger partial charge in [-0.2, -0.15) is 0 Å². The normalized spacial score (nSPS) is 15.9. The highest BCUT2D eigenvalue weighted by molar-refractivity contribution is 7.90. The van der Waals surface area contributed by atoms with Crippen LogP contribution in [0.15, 0.2) is 52.9 Å². The molecule has 1 aliphatic rings. The van der Waals surface area contributed by atoms with E-state index < -0.39 is 9.84 Å². The van der Waals surface area contributed by atoms with E-state index in [1.165, 1.54) is 18.4 Å².